The highest BCUT2D eigenvalue weighted by Gasteiger charge is 2.37. The van der Waals surface area contributed by atoms with Crippen LogP contribution in [0.1, 0.15) is 0 Å². The summed E-state index contributed by atoms with van der Waals surface area (Å²) < 4.78 is 0. The molecule has 3 heterocycles. The van der Waals surface area contributed by atoms with Crippen LogP contribution in [0.5, 0.6) is 0 Å². The van der Waals surface area contributed by atoms with Crippen molar-refractivity contribution in [2.45, 2.75) is 0 Å². The van der Waals surface area contributed by atoms with Crippen molar-refractivity contribution >= 4 is 22.3 Å². The Morgan fingerprint density at radius 3 is 2.71 bits per heavy atom. The van der Waals surface area contributed by atoms with Crippen LogP contribution in [0.15, 0.2) is 30.5 Å². The van der Waals surface area contributed by atoms with Crippen LogP contribution in [-0.4, -0.2) is 36.1 Å². The Morgan fingerprint density at radius 1 is 1.24 bits per heavy atom. The topological polar surface area (TPSA) is 71.3 Å². The molecule has 6 heteroatoms. The molecular formula is C15H16N4O2. The van der Waals surface area contributed by atoms with Gasteiger partial charge in [0.25, 0.3) is 5.69 Å². The molecule has 4 rings (SSSR count). The Morgan fingerprint density at radius 2 is 2.00 bits per heavy atom. The van der Waals surface area contributed by atoms with Crippen LogP contribution in [0.2, 0.25) is 0 Å². The Hall–Kier alpha value is -2.21. The second kappa shape index (κ2) is 4.66. The van der Waals surface area contributed by atoms with Crippen molar-refractivity contribution in [1.29, 1.82) is 0 Å². The molecule has 0 radical (unpaired) electrons. The predicted molar refractivity (Wildman–Crippen MR) is 80.5 cm³/mol. The van der Waals surface area contributed by atoms with Gasteiger partial charge in [-0.15, -0.1) is 0 Å². The van der Waals surface area contributed by atoms with E-state index in [0.717, 1.165) is 37.4 Å². The molecule has 0 amide bonds. The van der Waals surface area contributed by atoms with Gasteiger partial charge in [0.15, 0.2) is 0 Å². The Balaban J connectivity index is 1.80. The van der Waals surface area contributed by atoms with E-state index in [0.29, 0.717) is 17.2 Å². The minimum absolute atomic E-state index is 0.128. The molecule has 1 N–H and O–H groups in total. The number of non-ortho nitro benzene ring substituents is 1. The van der Waals surface area contributed by atoms with E-state index in [1.165, 1.54) is 0 Å². The van der Waals surface area contributed by atoms with E-state index in [-0.39, 0.29) is 10.6 Å². The summed E-state index contributed by atoms with van der Waals surface area (Å²) in [6.07, 6.45) is 1.70. The second-order valence-electron chi connectivity index (χ2n) is 5.84. The first-order chi connectivity index (χ1) is 10.2. The van der Waals surface area contributed by atoms with Gasteiger partial charge in [0.2, 0.25) is 0 Å². The first kappa shape index (κ1) is 12.5. The summed E-state index contributed by atoms with van der Waals surface area (Å²) in [4.78, 5) is 17.6. The number of nitrogens with one attached hydrogen (secondary N) is 1. The zero-order valence-electron chi connectivity index (χ0n) is 11.5. The molecule has 2 aliphatic rings. The fourth-order valence-corrected chi connectivity index (χ4v) is 3.61. The lowest BCUT2D eigenvalue weighted by molar-refractivity contribution is -0.383. The van der Waals surface area contributed by atoms with Crippen LogP contribution in [0, 0.1) is 22.0 Å². The van der Waals surface area contributed by atoms with Crippen molar-refractivity contribution in [1.82, 2.24) is 10.3 Å². The maximum Gasteiger partial charge on any atom is 0.278 e. The van der Waals surface area contributed by atoms with E-state index in [4.69, 9.17) is 0 Å². The average molecular weight is 284 g/mol. The Kier molecular flexibility index (Phi) is 2.78. The third kappa shape index (κ3) is 1.94. The molecular weight excluding hydrogens is 268 g/mol. The van der Waals surface area contributed by atoms with Gasteiger partial charge in [0.1, 0.15) is 5.52 Å². The fraction of sp³-hybridized carbons (Fsp3) is 0.400. The third-order valence-corrected chi connectivity index (χ3v) is 4.65. The molecule has 2 unspecified atom stereocenters. The Labute approximate surface area is 121 Å². The number of aromatic nitrogens is 1. The van der Waals surface area contributed by atoms with Crippen molar-refractivity contribution in [3.8, 4) is 0 Å². The molecule has 2 atom stereocenters. The number of nitro groups is 1. The zero-order chi connectivity index (χ0) is 14.4. The average Bonchev–Trinajstić information content (AvgIpc) is 3.07. The summed E-state index contributed by atoms with van der Waals surface area (Å²) in [5.74, 6) is 1.36. The largest absolute Gasteiger partial charge is 0.369 e. The molecule has 1 aromatic carbocycles. The maximum atomic E-state index is 11.2. The van der Waals surface area contributed by atoms with E-state index >= 15 is 0 Å². The maximum absolute atomic E-state index is 11.2. The van der Waals surface area contributed by atoms with E-state index in [2.05, 4.69) is 15.2 Å². The highest BCUT2D eigenvalue weighted by molar-refractivity contribution is 5.97. The number of hydrogen-bond acceptors (Lipinski definition) is 5. The normalized spacial score (nSPS) is 24.5. The van der Waals surface area contributed by atoms with Crippen LogP contribution in [0.3, 0.4) is 0 Å². The Bertz CT molecular complexity index is 706. The number of pyridine rings is 1. The van der Waals surface area contributed by atoms with E-state index in [1.807, 2.05) is 6.07 Å². The number of nitro benzene ring substituents is 1. The van der Waals surface area contributed by atoms with Crippen molar-refractivity contribution < 1.29 is 4.92 Å². The SMILES string of the molecule is O=[N+]([O-])c1ccc(N2CC3CNCC3C2)c2ncccc12. The van der Waals surface area contributed by atoms with Gasteiger partial charge in [-0.2, -0.15) is 0 Å². The molecule has 0 aliphatic carbocycles. The smallest absolute Gasteiger partial charge is 0.278 e. The van der Waals surface area contributed by atoms with Crippen LogP contribution in [-0.2, 0) is 0 Å². The molecule has 0 bridgehead atoms. The number of anilines is 1. The lowest BCUT2D eigenvalue weighted by Crippen LogP contribution is -2.25. The van der Waals surface area contributed by atoms with Gasteiger partial charge in [-0.1, -0.05) is 0 Å². The van der Waals surface area contributed by atoms with Crippen molar-refractivity contribution in [2.75, 3.05) is 31.1 Å². The van der Waals surface area contributed by atoms with E-state index < -0.39 is 0 Å². The summed E-state index contributed by atoms with van der Waals surface area (Å²) in [6.45, 7) is 4.14. The van der Waals surface area contributed by atoms with Crippen molar-refractivity contribution in [3.05, 3.63) is 40.6 Å². The predicted octanol–water partition coefficient (Wildman–Crippen LogP) is 1.80. The van der Waals surface area contributed by atoms with E-state index in [9.17, 15) is 10.1 Å². The van der Waals surface area contributed by atoms with Gasteiger partial charge in [-0.25, -0.2) is 0 Å². The van der Waals surface area contributed by atoms with Gasteiger partial charge < -0.3 is 10.2 Å². The molecule has 2 aliphatic heterocycles. The quantitative estimate of drug-likeness (QED) is 0.672. The molecule has 2 aromatic rings. The summed E-state index contributed by atoms with van der Waals surface area (Å²) in [7, 11) is 0. The molecule has 21 heavy (non-hydrogen) atoms. The standard InChI is InChI=1S/C15H16N4O2/c20-19(21)13-3-4-14(15-12(13)2-1-5-17-15)18-8-10-6-16-7-11(10)9-18/h1-5,10-11,16H,6-9H2. The molecule has 0 spiro atoms. The van der Waals surface area contributed by atoms with Gasteiger partial charge in [0.05, 0.1) is 16.0 Å². The number of benzene rings is 1. The number of fused-ring (bicyclic) bond motifs is 2. The lowest BCUT2D eigenvalue weighted by Gasteiger charge is -2.21. The minimum atomic E-state index is -0.337. The third-order valence-electron chi connectivity index (χ3n) is 4.65. The summed E-state index contributed by atoms with van der Waals surface area (Å²) in [6, 6.07) is 6.98. The van der Waals surface area contributed by atoms with Crippen molar-refractivity contribution in [3.63, 3.8) is 0 Å². The second-order valence-corrected chi connectivity index (χ2v) is 5.84. The monoisotopic (exact) mass is 284 g/mol. The molecule has 108 valence electrons. The van der Waals surface area contributed by atoms with Crippen molar-refractivity contribution in [2.24, 2.45) is 11.8 Å². The number of nitrogens with zero attached hydrogens (tertiary/aromatic N) is 3. The van der Waals surface area contributed by atoms with Crippen LogP contribution in [0.4, 0.5) is 11.4 Å². The van der Waals surface area contributed by atoms with Crippen LogP contribution >= 0.6 is 0 Å². The highest BCUT2D eigenvalue weighted by atomic mass is 16.6. The first-order valence-corrected chi connectivity index (χ1v) is 7.22. The summed E-state index contributed by atoms with van der Waals surface area (Å²) >= 11 is 0. The van der Waals surface area contributed by atoms with Gasteiger partial charge in [-0.3, -0.25) is 15.1 Å². The number of rotatable bonds is 2. The van der Waals surface area contributed by atoms with Crippen LogP contribution < -0.4 is 10.2 Å². The van der Waals surface area contributed by atoms with Gasteiger partial charge >= 0.3 is 0 Å². The molecule has 1 aromatic heterocycles. The van der Waals surface area contributed by atoms with Gasteiger partial charge in [0, 0.05) is 38.4 Å². The first-order valence-electron chi connectivity index (χ1n) is 7.22. The highest BCUT2D eigenvalue weighted by Crippen LogP contribution is 2.36. The molecule has 2 fully saturated rings. The molecule has 6 nitrogen and oxygen atoms in total. The summed E-state index contributed by atoms with van der Waals surface area (Å²) in [5, 5.41) is 15.2. The van der Waals surface area contributed by atoms with Crippen LogP contribution in [0.25, 0.3) is 10.9 Å². The van der Waals surface area contributed by atoms with Gasteiger partial charge in [-0.05, 0) is 30.0 Å². The zero-order valence-corrected chi connectivity index (χ0v) is 11.5. The fourth-order valence-electron chi connectivity index (χ4n) is 3.61. The van der Waals surface area contributed by atoms with E-state index in [1.54, 1.807) is 24.4 Å². The lowest BCUT2D eigenvalue weighted by atomic mass is 10.0. The molecule has 0 saturated carbocycles. The number of hydrogen-bond donors (Lipinski definition) is 1. The minimum Gasteiger partial charge on any atom is -0.369 e. The summed E-state index contributed by atoms with van der Waals surface area (Å²) in [5.41, 5.74) is 1.88. The molecule has 2 saturated heterocycles.